The number of nitrogens with two attached hydrogens (primary N) is 1. The van der Waals surface area contributed by atoms with Gasteiger partial charge in [-0.2, -0.15) is 0 Å². The predicted octanol–water partition coefficient (Wildman–Crippen LogP) is 1.40. The summed E-state index contributed by atoms with van der Waals surface area (Å²) in [6, 6.07) is 10.6. The highest BCUT2D eigenvalue weighted by Gasteiger charge is 2.19. The third kappa shape index (κ3) is 5.41. The first-order valence-corrected chi connectivity index (χ1v) is 9.14. The Kier molecular flexibility index (Phi) is 6.14. The average Bonchev–Trinajstić information content (AvgIpc) is 2.57. The van der Waals surface area contributed by atoms with Gasteiger partial charge in [-0.05, 0) is 36.8 Å². The maximum atomic E-state index is 11.3. The molecule has 10 heteroatoms. The zero-order valence-corrected chi connectivity index (χ0v) is 14.8. The van der Waals surface area contributed by atoms with E-state index < -0.39 is 26.7 Å². The number of hydrogen-bond donors (Lipinski definition) is 3. The van der Waals surface area contributed by atoms with Gasteiger partial charge in [0, 0.05) is 12.6 Å². The summed E-state index contributed by atoms with van der Waals surface area (Å²) in [6.45, 7) is 1.87. The van der Waals surface area contributed by atoms with Crippen LogP contribution in [0.2, 0.25) is 0 Å². The van der Waals surface area contributed by atoms with E-state index in [1.165, 1.54) is 6.07 Å². The number of aryl methyl sites for hydroxylation is 1. The summed E-state index contributed by atoms with van der Waals surface area (Å²) < 4.78 is 28.1. The highest BCUT2D eigenvalue weighted by Crippen LogP contribution is 2.27. The van der Waals surface area contributed by atoms with Crippen LogP contribution in [-0.4, -0.2) is 37.7 Å². The molecular weight excluding hydrogens is 362 g/mol. The quantitative estimate of drug-likeness (QED) is 0.463. The Labute approximate surface area is 150 Å². The van der Waals surface area contributed by atoms with Crippen molar-refractivity contribution in [3.8, 4) is 5.75 Å². The van der Waals surface area contributed by atoms with E-state index in [2.05, 4.69) is 5.32 Å². The highest BCUT2D eigenvalue weighted by atomic mass is 32.2. The summed E-state index contributed by atoms with van der Waals surface area (Å²) in [5.74, 6) is 0.604. The minimum absolute atomic E-state index is 0.0144. The summed E-state index contributed by atoms with van der Waals surface area (Å²) >= 11 is 0. The fourth-order valence-electron chi connectivity index (χ4n) is 2.17. The fourth-order valence-corrected chi connectivity index (χ4v) is 2.71. The molecule has 4 N–H and O–H groups in total. The normalized spacial score (nSPS) is 12.4. The number of aliphatic hydroxyl groups is 1. The van der Waals surface area contributed by atoms with E-state index in [0.29, 0.717) is 5.75 Å². The highest BCUT2D eigenvalue weighted by molar-refractivity contribution is 7.89. The molecule has 0 saturated heterocycles. The molecule has 9 nitrogen and oxygen atoms in total. The van der Waals surface area contributed by atoms with Crippen molar-refractivity contribution in [3.05, 3.63) is 58.1 Å². The van der Waals surface area contributed by atoms with Gasteiger partial charge < -0.3 is 15.2 Å². The Bertz CT molecular complexity index is 901. The van der Waals surface area contributed by atoms with Gasteiger partial charge in [0.05, 0.1) is 9.82 Å². The van der Waals surface area contributed by atoms with Crippen LogP contribution in [0.5, 0.6) is 5.75 Å². The molecule has 0 heterocycles. The molecular formula is C16H19N3O6S. The number of primary sulfonamides is 1. The molecule has 0 fully saturated rings. The van der Waals surface area contributed by atoms with Crippen LogP contribution in [-0.2, 0) is 10.0 Å². The maximum Gasteiger partial charge on any atom is 0.293 e. The van der Waals surface area contributed by atoms with Gasteiger partial charge in [0.25, 0.3) is 5.69 Å². The van der Waals surface area contributed by atoms with Crippen LogP contribution in [0.3, 0.4) is 0 Å². The van der Waals surface area contributed by atoms with Gasteiger partial charge in [-0.1, -0.05) is 12.1 Å². The third-order valence-corrected chi connectivity index (χ3v) is 4.37. The van der Waals surface area contributed by atoms with Crippen molar-refractivity contribution in [2.24, 2.45) is 5.14 Å². The van der Waals surface area contributed by atoms with E-state index in [-0.39, 0.29) is 23.7 Å². The molecule has 2 aromatic rings. The van der Waals surface area contributed by atoms with Crippen LogP contribution < -0.4 is 15.2 Å². The predicted molar refractivity (Wildman–Crippen MR) is 95.6 cm³/mol. The van der Waals surface area contributed by atoms with E-state index >= 15 is 0 Å². The number of sulfonamides is 1. The van der Waals surface area contributed by atoms with Crippen LogP contribution in [0.1, 0.15) is 5.56 Å². The third-order valence-electron chi connectivity index (χ3n) is 3.45. The Morgan fingerprint density at radius 1 is 1.31 bits per heavy atom. The van der Waals surface area contributed by atoms with Gasteiger partial charge in [0.2, 0.25) is 10.0 Å². The van der Waals surface area contributed by atoms with Gasteiger partial charge >= 0.3 is 0 Å². The lowest BCUT2D eigenvalue weighted by molar-refractivity contribution is -0.384. The number of aliphatic hydroxyl groups excluding tert-OH is 1. The topological polar surface area (TPSA) is 145 Å². The molecule has 0 aromatic heterocycles. The molecule has 0 spiro atoms. The minimum atomic E-state index is -4.05. The molecule has 2 aromatic carbocycles. The molecule has 0 radical (unpaired) electrons. The molecule has 1 unspecified atom stereocenters. The second kappa shape index (κ2) is 8.13. The number of hydrogen-bond acceptors (Lipinski definition) is 7. The Balaban J connectivity index is 2.00. The van der Waals surface area contributed by atoms with Crippen LogP contribution >= 0.6 is 0 Å². The number of nitro groups is 1. The zero-order valence-electron chi connectivity index (χ0n) is 14.0. The fraction of sp³-hybridized carbons (Fsp3) is 0.250. The summed E-state index contributed by atoms with van der Waals surface area (Å²) in [5.41, 5.74) is 0.626. The largest absolute Gasteiger partial charge is 0.491 e. The van der Waals surface area contributed by atoms with Crippen molar-refractivity contribution in [2.45, 2.75) is 17.9 Å². The Morgan fingerprint density at radius 3 is 2.65 bits per heavy atom. The summed E-state index contributed by atoms with van der Waals surface area (Å²) in [6.07, 6.45) is -0.937. The smallest absolute Gasteiger partial charge is 0.293 e. The molecule has 0 bridgehead atoms. The van der Waals surface area contributed by atoms with E-state index in [1.54, 1.807) is 6.07 Å². The average molecular weight is 381 g/mol. The van der Waals surface area contributed by atoms with Crippen molar-refractivity contribution in [1.82, 2.24) is 0 Å². The first-order valence-electron chi connectivity index (χ1n) is 7.59. The molecule has 140 valence electrons. The van der Waals surface area contributed by atoms with Crippen molar-refractivity contribution >= 4 is 21.4 Å². The standard InChI is InChI=1S/C16H19N3O6S/c1-11-3-2-4-13(7-11)25-10-12(20)9-18-15-6-5-14(26(17,23)24)8-16(15)19(21)22/h2-8,12,18,20H,9-10H2,1H3,(H2,17,23,24). The summed E-state index contributed by atoms with van der Waals surface area (Å²) in [5, 5.41) is 28.8. The molecule has 1 atom stereocenters. The zero-order chi connectivity index (χ0) is 19.3. The second-order valence-corrected chi connectivity index (χ2v) is 7.20. The number of ether oxygens (including phenoxy) is 1. The van der Waals surface area contributed by atoms with Crippen LogP contribution in [0.4, 0.5) is 11.4 Å². The number of rotatable bonds is 8. The maximum absolute atomic E-state index is 11.3. The monoisotopic (exact) mass is 381 g/mol. The van der Waals surface area contributed by atoms with Gasteiger partial charge in [-0.15, -0.1) is 0 Å². The Morgan fingerprint density at radius 2 is 2.04 bits per heavy atom. The first kappa shape index (κ1) is 19.6. The minimum Gasteiger partial charge on any atom is -0.491 e. The van der Waals surface area contributed by atoms with Crippen LogP contribution in [0, 0.1) is 17.0 Å². The lowest BCUT2D eigenvalue weighted by Crippen LogP contribution is -2.26. The molecule has 0 amide bonds. The van der Waals surface area contributed by atoms with E-state index in [9.17, 15) is 23.6 Å². The molecule has 0 aliphatic heterocycles. The van der Waals surface area contributed by atoms with Crippen molar-refractivity contribution in [3.63, 3.8) is 0 Å². The van der Waals surface area contributed by atoms with Crippen LogP contribution in [0.25, 0.3) is 0 Å². The van der Waals surface area contributed by atoms with E-state index in [0.717, 1.165) is 17.7 Å². The van der Waals surface area contributed by atoms with Crippen LogP contribution in [0.15, 0.2) is 47.4 Å². The number of anilines is 1. The summed E-state index contributed by atoms with van der Waals surface area (Å²) in [7, 11) is -4.05. The molecule has 0 aliphatic carbocycles. The van der Waals surface area contributed by atoms with Crippen molar-refractivity contribution < 1.29 is 23.2 Å². The SMILES string of the molecule is Cc1cccc(OCC(O)CNc2ccc(S(N)(=O)=O)cc2[N+](=O)[O-])c1. The Hall–Kier alpha value is -2.69. The van der Waals surface area contributed by atoms with Crippen molar-refractivity contribution in [2.75, 3.05) is 18.5 Å². The van der Waals surface area contributed by atoms with Gasteiger partial charge in [-0.25, -0.2) is 13.6 Å². The first-order chi connectivity index (χ1) is 12.2. The lowest BCUT2D eigenvalue weighted by Gasteiger charge is -2.14. The number of nitrogens with one attached hydrogen (secondary N) is 1. The van der Waals surface area contributed by atoms with Gasteiger partial charge in [0.1, 0.15) is 24.1 Å². The lowest BCUT2D eigenvalue weighted by atomic mass is 10.2. The number of nitrogens with zero attached hydrogens (tertiary/aromatic N) is 1. The number of nitro benzene ring substituents is 1. The molecule has 0 saturated carbocycles. The van der Waals surface area contributed by atoms with Gasteiger partial charge in [0.15, 0.2) is 0 Å². The molecule has 0 aliphatic rings. The second-order valence-electron chi connectivity index (χ2n) is 5.64. The molecule has 2 rings (SSSR count). The van der Waals surface area contributed by atoms with E-state index in [4.69, 9.17) is 9.88 Å². The van der Waals surface area contributed by atoms with Gasteiger partial charge in [-0.3, -0.25) is 10.1 Å². The number of benzene rings is 2. The molecule has 26 heavy (non-hydrogen) atoms. The van der Waals surface area contributed by atoms with E-state index in [1.807, 2.05) is 25.1 Å². The summed E-state index contributed by atoms with van der Waals surface area (Å²) in [4.78, 5) is 10.0. The van der Waals surface area contributed by atoms with Crippen molar-refractivity contribution in [1.29, 1.82) is 0 Å².